The average molecular weight is 877 g/mol. The Kier molecular flexibility index (Phi) is 22.3. The summed E-state index contributed by atoms with van der Waals surface area (Å²) in [5, 5.41) is 0.385. The highest BCUT2D eigenvalue weighted by Gasteiger charge is 2.16. The van der Waals surface area contributed by atoms with Crippen LogP contribution in [0.2, 0.25) is 0 Å². The number of esters is 2. The fourth-order valence-corrected chi connectivity index (χ4v) is 8.20. The first-order valence-electron chi connectivity index (χ1n) is 24.8. The van der Waals surface area contributed by atoms with Crippen molar-refractivity contribution in [1.82, 2.24) is 9.97 Å². The van der Waals surface area contributed by atoms with Crippen LogP contribution in [0, 0.1) is 0 Å². The maximum absolute atomic E-state index is 13.2. The molecule has 0 amide bonds. The van der Waals surface area contributed by atoms with Gasteiger partial charge in [-0.05, 0) is 67.4 Å². The topological polar surface area (TPSA) is 139 Å². The van der Waals surface area contributed by atoms with Crippen LogP contribution in [0.3, 0.4) is 0 Å². The van der Waals surface area contributed by atoms with Gasteiger partial charge in [0.2, 0.25) is 11.8 Å². The maximum Gasteiger partial charge on any atom is 0.347 e. The lowest BCUT2D eigenvalue weighted by atomic mass is 10.0. The van der Waals surface area contributed by atoms with Crippen LogP contribution in [0.1, 0.15) is 194 Å². The van der Waals surface area contributed by atoms with Gasteiger partial charge in [0.1, 0.15) is 11.5 Å². The van der Waals surface area contributed by atoms with Crippen molar-refractivity contribution in [2.75, 3.05) is 0 Å². The van der Waals surface area contributed by atoms with Crippen LogP contribution in [-0.2, 0) is 9.59 Å². The summed E-state index contributed by atoms with van der Waals surface area (Å²) in [6, 6.07) is 16.3. The Bertz CT molecular complexity index is 2140. The molecular formula is C54H72N2O8. The second-order valence-corrected chi connectivity index (χ2v) is 17.5. The Balaban J connectivity index is 1.06. The highest BCUT2D eigenvalue weighted by molar-refractivity contribution is 5.83. The summed E-state index contributed by atoms with van der Waals surface area (Å²) in [7, 11) is 0. The molecule has 2 aromatic heterocycles. The van der Waals surface area contributed by atoms with Gasteiger partial charge in [0, 0.05) is 24.0 Å². The highest BCUT2D eigenvalue weighted by Crippen LogP contribution is 2.28. The van der Waals surface area contributed by atoms with Crippen molar-refractivity contribution in [3.05, 3.63) is 81.5 Å². The molecule has 5 aromatic rings. The lowest BCUT2D eigenvalue weighted by Gasteiger charge is -2.08. The zero-order valence-electron chi connectivity index (χ0n) is 38.7. The van der Waals surface area contributed by atoms with E-state index < -0.39 is 11.3 Å². The van der Waals surface area contributed by atoms with Crippen LogP contribution in [0.4, 0.5) is 0 Å². The molecule has 0 atom stereocenters. The number of hydrogen-bond donors (Lipinski definition) is 0. The first-order chi connectivity index (χ1) is 31.3. The quantitative estimate of drug-likeness (QED) is 0.0233. The molecule has 0 aliphatic carbocycles. The number of hydrogen-bond acceptors (Lipinski definition) is 10. The van der Waals surface area contributed by atoms with E-state index in [0.717, 1.165) is 38.5 Å². The second kappa shape index (κ2) is 28.6. The number of ether oxygens (including phenoxy) is 2. The van der Waals surface area contributed by atoms with Crippen LogP contribution >= 0.6 is 0 Å². The monoisotopic (exact) mass is 877 g/mol. The molecule has 0 spiro atoms. The number of benzene rings is 3. The maximum atomic E-state index is 13.2. The molecule has 0 unspecified atom stereocenters. The third-order valence-electron chi connectivity index (χ3n) is 12.0. The van der Waals surface area contributed by atoms with Gasteiger partial charge in [-0.15, -0.1) is 0 Å². The molecule has 10 heteroatoms. The summed E-state index contributed by atoms with van der Waals surface area (Å²) < 4.78 is 22.4. The van der Waals surface area contributed by atoms with Crippen LogP contribution in [0.5, 0.6) is 11.5 Å². The van der Waals surface area contributed by atoms with E-state index in [-0.39, 0.29) is 46.0 Å². The minimum absolute atomic E-state index is 0.0694. The largest absolute Gasteiger partial charge is 0.427 e. The molecule has 0 aliphatic rings. The molecule has 3 aromatic carbocycles. The van der Waals surface area contributed by atoms with Crippen LogP contribution in [0.15, 0.2) is 79.1 Å². The predicted octanol–water partition coefficient (Wildman–Crippen LogP) is 14.8. The number of fused-ring (bicyclic) bond motifs is 2. The third kappa shape index (κ3) is 17.5. The van der Waals surface area contributed by atoms with Crippen molar-refractivity contribution in [2.45, 2.75) is 194 Å². The number of carbonyl (C=O) groups excluding carboxylic acids is 2. The van der Waals surface area contributed by atoms with Crippen molar-refractivity contribution in [2.24, 2.45) is 0 Å². The normalized spacial score (nSPS) is 11.4. The standard InChI is InChI=1S/C54H72N2O8/c1-3-5-7-9-11-13-15-17-19-21-23-25-27-32-49(57)61-43-34-36-47-45(39-43)53(59)63-51(55-47)41-30-29-31-42(38-41)52-56-48-37-35-44(40-46(48)54(60)64-52)62-50(58)33-28-26-24-22-20-18-16-14-12-10-8-6-4-2/h29-31,34-40H,3-28,32-33H2,1-2H3. The van der Waals surface area contributed by atoms with E-state index >= 15 is 0 Å². The second-order valence-electron chi connectivity index (χ2n) is 17.5. The summed E-state index contributed by atoms with van der Waals surface area (Å²) in [4.78, 5) is 60.6. The number of aromatic nitrogens is 2. The van der Waals surface area contributed by atoms with E-state index in [0.29, 0.717) is 35.0 Å². The highest BCUT2D eigenvalue weighted by atomic mass is 16.5. The molecule has 346 valence electrons. The van der Waals surface area contributed by atoms with Crippen LogP contribution < -0.4 is 20.7 Å². The summed E-state index contributed by atoms with van der Waals surface area (Å²) in [5.74, 6) is 0.00942. The molecular weight excluding hydrogens is 805 g/mol. The van der Waals surface area contributed by atoms with E-state index in [1.54, 1.807) is 48.5 Å². The molecule has 0 aliphatic heterocycles. The first-order valence-corrected chi connectivity index (χ1v) is 24.8. The third-order valence-corrected chi connectivity index (χ3v) is 12.0. The lowest BCUT2D eigenvalue weighted by molar-refractivity contribution is -0.135. The minimum Gasteiger partial charge on any atom is -0.427 e. The Hall–Kier alpha value is -5.12. The molecule has 0 N–H and O–H groups in total. The van der Waals surface area contributed by atoms with Gasteiger partial charge >= 0.3 is 23.2 Å². The molecule has 0 bridgehead atoms. The van der Waals surface area contributed by atoms with Gasteiger partial charge < -0.3 is 18.3 Å². The van der Waals surface area contributed by atoms with E-state index in [4.69, 9.17) is 18.3 Å². The SMILES string of the molecule is CCCCCCCCCCCCCCCC(=O)Oc1ccc2nc(-c3cccc(-c4nc5ccc(OC(=O)CCCCCCCCCCCCCCC)cc5c(=O)o4)c3)oc(=O)c2c1. The Morgan fingerprint density at radius 1 is 0.438 bits per heavy atom. The number of nitrogens with zero attached hydrogens (tertiary/aromatic N) is 2. The molecule has 5 rings (SSSR count). The predicted molar refractivity (Wildman–Crippen MR) is 257 cm³/mol. The van der Waals surface area contributed by atoms with Gasteiger partial charge in [-0.1, -0.05) is 174 Å². The van der Waals surface area contributed by atoms with Gasteiger partial charge in [0.05, 0.1) is 21.8 Å². The van der Waals surface area contributed by atoms with Gasteiger partial charge in [0.25, 0.3) is 0 Å². The van der Waals surface area contributed by atoms with Gasteiger partial charge in [0.15, 0.2) is 0 Å². The number of unbranched alkanes of at least 4 members (excludes halogenated alkanes) is 24. The van der Waals surface area contributed by atoms with E-state index in [1.165, 1.54) is 141 Å². The van der Waals surface area contributed by atoms with Crippen molar-refractivity contribution in [1.29, 1.82) is 0 Å². The summed E-state index contributed by atoms with van der Waals surface area (Å²) in [6.07, 6.45) is 32.7. The fourth-order valence-electron chi connectivity index (χ4n) is 8.20. The number of carbonyl (C=O) groups is 2. The molecule has 64 heavy (non-hydrogen) atoms. The molecule has 10 nitrogen and oxygen atoms in total. The lowest BCUT2D eigenvalue weighted by Crippen LogP contribution is -2.09. The van der Waals surface area contributed by atoms with Crippen molar-refractivity contribution in [3.8, 4) is 34.4 Å². The van der Waals surface area contributed by atoms with Gasteiger partial charge in [-0.2, -0.15) is 0 Å². The van der Waals surface area contributed by atoms with Crippen molar-refractivity contribution >= 4 is 33.7 Å². The Morgan fingerprint density at radius 2 is 0.766 bits per heavy atom. The molecule has 0 radical (unpaired) electrons. The zero-order chi connectivity index (χ0) is 45.2. The van der Waals surface area contributed by atoms with E-state index in [1.807, 2.05) is 0 Å². The Labute approximate surface area is 380 Å². The van der Waals surface area contributed by atoms with Crippen molar-refractivity contribution in [3.63, 3.8) is 0 Å². The first kappa shape index (κ1) is 49.9. The molecule has 0 saturated carbocycles. The smallest absolute Gasteiger partial charge is 0.347 e. The van der Waals surface area contributed by atoms with Gasteiger partial charge in [-0.25, -0.2) is 19.6 Å². The van der Waals surface area contributed by atoms with Gasteiger partial charge in [-0.3, -0.25) is 9.59 Å². The van der Waals surface area contributed by atoms with Crippen LogP contribution in [-0.4, -0.2) is 21.9 Å². The minimum atomic E-state index is -0.629. The Morgan fingerprint density at radius 3 is 1.11 bits per heavy atom. The average Bonchev–Trinajstić information content (AvgIpc) is 3.29. The summed E-state index contributed by atoms with van der Waals surface area (Å²) in [6.45, 7) is 4.50. The number of rotatable bonds is 32. The summed E-state index contributed by atoms with van der Waals surface area (Å²) in [5.41, 5.74) is 0.445. The van der Waals surface area contributed by atoms with E-state index in [9.17, 15) is 19.2 Å². The molecule has 2 heterocycles. The van der Waals surface area contributed by atoms with E-state index in [2.05, 4.69) is 23.8 Å². The molecule has 0 saturated heterocycles. The van der Waals surface area contributed by atoms with Crippen molar-refractivity contribution < 1.29 is 27.9 Å². The molecule has 0 fully saturated rings. The summed E-state index contributed by atoms with van der Waals surface area (Å²) >= 11 is 0. The zero-order valence-corrected chi connectivity index (χ0v) is 38.7. The fraction of sp³-hybridized carbons (Fsp3) is 0.556. The van der Waals surface area contributed by atoms with Crippen LogP contribution in [0.25, 0.3) is 44.7 Å².